The summed E-state index contributed by atoms with van der Waals surface area (Å²) in [4.78, 5) is 22.5. The number of nitrogens with one attached hydrogen (secondary N) is 1. The molecule has 1 saturated heterocycles. The van der Waals surface area contributed by atoms with Crippen LogP contribution in [0.3, 0.4) is 0 Å². The van der Waals surface area contributed by atoms with Crippen molar-refractivity contribution in [3.63, 3.8) is 0 Å². The number of rotatable bonds is 6. The normalized spacial score (nSPS) is 17.1. The van der Waals surface area contributed by atoms with Crippen molar-refractivity contribution < 1.29 is 9.53 Å². The molecule has 7 heteroatoms. The topological polar surface area (TPSA) is 72.3 Å². The van der Waals surface area contributed by atoms with Crippen LogP contribution in [0.5, 0.6) is 5.75 Å². The standard InChI is InChI=1S/C18H25N5O2/c1-14(2)12-22-10-8-20-17(22)11-21-18(24)23-9-5-16(13-23)25-15-3-6-19-7-4-15/h3-4,6-8,10,14,16H,5,9,11-13H2,1-2H3,(H,21,24)/t16-/m0/s1. The van der Waals surface area contributed by atoms with E-state index in [1.54, 1.807) is 23.5 Å². The third-order valence-electron chi connectivity index (χ3n) is 4.15. The summed E-state index contributed by atoms with van der Waals surface area (Å²) in [5.74, 6) is 2.21. The fourth-order valence-corrected chi connectivity index (χ4v) is 2.95. The molecule has 3 heterocycles. The number of pyridine rings is 1. The molecule has 2 aromatic rings. The first-order chi connectivity index (χ1) is 12.1. The van der Waals surface area contributed by atoms with E-state index in [4.69, 9.17) is 4.74 Å². The minimum atomic E-state index is -0.0695. The molecule has 0 aliphatic carbocycles. The number of hydrogen-bond acceptors (Lipinski definition) is 4. The van der Waals surface area contributed by atoms with E-state index in [0.29, 0.717) is 25.6 Å². The molecular weight excluding hydrogens is 318 g/mol. The fourth-order valence-electron chi connectivity index (χ4n) is 2.95. The van der Waals surface area contributed by atoms with Crippen LogP contribution in [0.4, 0.5) is 4.79 Å². The second-order valence-electron chi connectivity index (χ2n) is 6.71. The summed E-state index contributed by atoms with van der Waals surface area (Å²) in [5, 5.41) is 2.96. The smallest absolute Gasteiger partial charge is 0.317 e. The van der Waals surface area contributed by atoms with Crippen LogP contribution in [0.25, 0.3) is 0 Å². The quantitative estimate of drug-likeness (QED) is 0.873. The van der Waals surface area contributed by atoms with Crippen molar-refractivity contribution in [1.82, 2.24) is 24.8 Å². The van der Waals surface area contributed by atoms with Gasteiger partial charge in [-0.25, -0.2) is 9.78 Å². The molecule has 0 aromatic carbocycles. The minimum absolute atomic E-state index is 0.0241. The van der Waals surface area contributed by atoms with E-state index in [1.165, 1.54) is 0 Å². The number of carbonyl (C=O) groups excluding carboxylic acids is 1. The van der Waals surface area contributed by atoms with Gasteiger partial charge in [0.25, 0.3) is 0 Å². The third kappa shape index (κ3) is 4.71. The number of carbonyl (C=O) groups is 1. The van der Waals surface area contributed by atoms with Gasteiger partial charge in [0.2, 0.25) is 0 Å². The van der Waals surface area contributed by atoms with Crippen LogP contribution in [0, 0.1) is 5.92 Å². The Bertz CT molecular complexity index is 686. The molecular formula is C18H25N5O2. The average molecular weight is 343 g/mol. The SMILES string of the molecule is CC(C)Cn1ccnc1CNC(=O)N1CC[C@H](Oc2ccncc2)C1. The lowest BCUT2D eigenvalue weighted by Gasteiger charge is -2.18. The zero-order valence-electron chi connectivity index (χ0n) is 14.8. The molecule has 1 atom stereocenters. The molecule has 0 bridgehead atoms. The van der Waals surface area contributed by atoms with Gasteiger partial charge in [0.15, 0.2) is 0 Å². The summed E-state index contributed by atoms with van der Waals surface area (Å²) in [6.07, 6.45) is 7.99. The Balaban J connectivity index is 1.47. The van der Waals surface area contributed by atoms with Crippen molar-refractivity contribution in [2.75, 3.05) is 13.1 Å². The lowest BCUT2D eigenvalue weighted by Crippen LogP contribution is -2.39. The molecule has 7 nitrogen and oxygen atoms in total. The molecule has 2 aromatic heterocycles. The van der Waals surface area contributed by atoms with Crippen molar-refractivity contribution in [1.29, 1.82) is 0 Å². The molecule has 0 spiro atoms. The summed E-state index contributed by atoms with van der Waals surface area (Å²) in [6.45, 7) is 6.95. The maximum absolute atomic E-state index is 12.4. The third-order valence-corrected chi connectivity index (χ3v) is 4.15. The first kappa shape index (κ1) is 17.3. The van der Waals surface area contributed by atoms with Gasteiger partial charge in [0.1, 0.15) is 17.7 Å². The molecule has 0 saturated carbocycles. The van der Waals surface area contributed by atoms with Crippen LogP contribution >= 0.6 is 0 Å². The second kappa shape index (κ2) is 8.00. The van der Waals surface area contributed by atoms with Gasteiger partial charge in [-0.3, -0.25) is 4.98 Å². The van der Waals surface area contributed by atoms with Crippen LogP contribution < -0.4 is 10.1 Å². The Morgan fingerprint density at radius 1 is 1.36 bits per heavy atom. The molecule has 1 N–H and O–H groups in total. The van der Waals surface area contributed by atoms with Gasteiger partial charge in [0, 0.05) is 44.3 Å². The highest BCUT2D eigenvalue weighted by atomic mass is 16.5. The molecule has 2 amide bonds. The summed E-state index contributed by atoms with van der Waals surface area (Å²) in [5.41, 5.74) is 0. The molecule has 0 unspecified atom stereocenters. The van der Waals surface area contributed by atoms with E-state index >= 15 is 0 Å². The second-order valence-corrected chi connectivity index (χ2v) is 6.71. The minimum Gasteiger partial charge on any atom is -0.488 e. The van der Waals surface area contributed by atoms with Crippen molar-refractivity contribution in [3.8, 4) is 5.75 Å². The fraction of sp³-hybridized carbons (Fsp3) is 0.500. The monoisotopic (exact) mass is 343 g/mol. The number of urea groups is 1. The number of aromatic nitrogens is 3. The largest absolute Gasteiger partial charge is 0.488 e. The van der Waals surface area contributed by atoms with Gasteiger partial charge in [-0.05, 0) is 18.1 Å². The zero-order chi connectivity index (χ0) is 17.6. The van der Waals surface area contributed by atoms with E-state index in [2.05, 4.69) is 33.7 Å². The van der Waals surface area contributed by atoms with Crippen molar-refractivity contribution >= 4 is 6.03 Å². The summed E-state index contributed by atoms with van der Waals surface area (Å²) in [7, 11) is 0. The number of likely N-dealkylation sites (tertiary alicyclic amines) is 1. The van der Waals surface area contributed by atoms with Gasteiger partial charge < -0.3 is 19.5 Å². The Morgan fingerprint density at radius 2 is 2.16 bits per heavy atom. The molecule has 25 heavy (non-hydrogen) atoms. The predicted molar refractivity (Wildman–Crippen MR) is 94.1 cm³/mol. The van der Waals surface area contributed by atoms with E-state index < -0.39 is 0 Å². The van der Waals surface area contributed by atoms with Gasteiger partial charge >= 0.3 is 6.03 Å². The van der Waals surface area contributed by atoms with Crippen LogP contribution in [-0.2, 0) is 13.1 Å². The van der Waals surface area contributed by atoms with Crippen LogP contribution in [0.15, 0.2) is 36.9 Å². The lowest BCUT2D eigenvalue weighted by molar-refractivity contribution is 0.186. The van der Waals surface area contributed by atoms with E-state index in [-0.39, 0.29) is 12.1 Å². The number of ether oxygens (including phenoxy) is 1. The maximum atomic E-state index is 12.4. The zero-order valence-corrected chi connectivity index (χ0v) is 14.8. The first-order valence-corrected chi connectivity index (χ1v) is 8.71. The van der Waals surface area contributed by atoms with E-state index in [1.807, 2.05) is 18.3 Å². The predicted octanol–water partition coefficient (Wildman–Crippen LogP) is 2.30. The van der Waals surface area contributed by atoms with Gasteiger partial charge in [-0.2, -0.15) is 0 Å². The molecule has 134 valence electrons. The summed E-state index contributed by atoms with van der Waals surface area (Å²) in [6, 6.07) is 3.59. The van der Waals surface area contributed by atoms with Crippen LogP contribution in [-0.4, -0.2) is 44.7 Å². The Morgan fingerprint density at radius 3 is 2.92 bits per heavy atom. The number of amides is 2. The van der Waals surface area contributed by atoms with Crippen molar-refractivity contribution in [2.24, 2.45) is 5.92 Å². The van der Waals surface area contributed by atoms with Crippen LogP contribution in [0.1, 0.15) is 26.1 Å². The highest BCUT2D eigenvalue weighted by Crippen LogP contribution is 2.17. The summed E-state index contributed by atoms with van der Waals surface area (Å²) >= 11 is 0. The van der Waals surface area contributed by atoms with Crippen molar-refractivity contribution in [3.05, 3.63) is 42.7 Å². The Kier molecular flexibility index (Phi) is 5.53. The molecule has 3 rings (SSSR count). The van der Waals surface area contributed by atoms with Gasteiger partial charge in [-0.1, -0.05) is 13.8 Å². The van der Waals surface area contributed by atoms with E-state index in [0.717, 1.165) is 24.5 Å². The number of hydrogen-bond donors (Lipinski definition) is 1. The van der Waals surface area contributed by atoms with E-state index in [9.17, 15) is 4.79 Å². The Labute approximate surface area is 148 Å². The Hall–Kier alpha value is -2.57. The molecule has 1 fully saturated rings. The molecule has 0 radical (unpaired) electrons. The maximum Gasteiger partial charge on any atom is 0.317 e. The first-order valence-electron chi connectivity index (χ1n) is 8.71. The van der Waals surface area contributed by atoms with Crippen LogP contribution in [0.2, 0.25) is 0 Å². The highest BCUT2D eigenvalue weighted by molar-refractivity contribution is 5.74. The van der Waals surface area contributed by atoms with Gasteiger partial charge in [0.05, 0.1) is 13.1 Å². The number of nitrogens with zero attached hydrogens (tertiary/aromatic N) is 4. The lowest BCUT2D eigenvalue weighted by atomic mass is 10.2. The molecule has 1 aliphatic heterocycles. The summed E-state index contributed by atoms with van der Waals surface area (Å²) < 4.78 is 7.98. The van der Waals surface area contributed by atoms with Gasteiger partial charge in [-0.15, -0.1) is 0 Å². The highest BCUT2D eigenvalue weighted by Gasteiger charge is 2.27. The average Bonchev–Trinajstić information content (AvgIpc) is 3.23. The number of imidazole rings is 1. The molecule has 1 aliphatic rings. The van der Waals surface area contributed by atoms with Crippen molar-refractivity contribution in [2.45, 2.75) is 39.5 Å².